The Morgan fingerprint density at radius 1 is 1.16 bits per heavy atom. The van der Waals surface area contributed by atoms with Crippen LogP contribution in [0.2, 0.25) is 0 Å². The van der Waals surface area contributed by atoms with E-state index in [4.69, 9.17) is 5.73 Å². The molecule has 1 aromatic carbocycles. The van der Waals surface area contributed by atoms with Crippen LogP contribution in [-0.2, 0) is 21.4 Å². The Balaban J connectivity index is 1.86. The second-order valence-corrected chi connectivity index (χ2v) is 12.1. The van der Waals surface area contributed by atoms with Gasteiger partial charge in [-0.15, -0.1) is 0 Å². The number of benzene rings is 1. The highest BCUT2D eigenvalue weighted by molar-refractivity contribution is 7.89. The molecule has 37 heavy (non-hydrogen) atoms. The molecule has 0 bridgehead atoms. The van der Waals surface area contributed by atoms with Crippen LogP contribution in [0.5, 0.6) is 0 Å². The minimum Gasteiger partial charge on any atom is -0.383 e. The monoisotopic (exact) mass is 533 g/mol. The fourth-order valence-corrected chi connectivity index (χ4v) is 5.99. The molecule has 11 heteroatoms. The summed E-state index contributed by atoms with van der Waals surface area (Å²) in [6.07, 6.45) is 2.83. The molecule has 1 amide bonds. The van der Waals surface area contributed by atoms with Gasteiger partial charge in [0.2, 0.25) is 15.9 Å². The van der Waals surface area contributed by atoms with Crippen LogP contribution in [0.15, 0.2) is 38.8 Å². The minimum atomic E-state index is -3.66. The van der Waals surface area contributed by atoms with Crippen LogP contribution in [0.1, 0.15) is 58.4 Å². The number of amides is 1. The third-order valence-corrected chi connectivity index (χ3v) is 8.79. The van der Waals surface area contributed by atoms with Crippen molar-refractivity contribution in [3.8, 4) is 0 Å². The van der Waals surface area contributed by atoms with Gasteiger partial charge in [-0.1, -0.05) is 44.9 Å². The number of aromatic amines is 1. The molecule has 204 valence electrons. The van der Waals surface area contributed by atoms with Crippen molar-refractivity contribution < 1.29 is 13.2 Å². The Bertz CT molecular complexity index is 1310. The summed E-state index contributed by atoms with van der Waals surface area (Å²) in [5.74, 6) is -0.487. The van der Waals surface area contributed by atoms with Crippen molar-refractivity contribution in [1.29, 1.82) is 0 Å². The van der Waals surface area contributed by atoms with Gasteiger partial charge in [0.05, 0.1) is 4.90 Å². The van der Waals surface area contributed by atoms with Crippen LogP contribution in [0.3, 0.4) is 0 Å². The molecule has 0 atom stereocenters. The maximum Gasteiger partial charge on any atom is 0.330 e. The zero-order chi connectivity index (χ0) is 27.3. The standard InChI is InChI=1S/C26H39N5O5S/c1-5-6-14-31-23(27)22(24(32)28-26(31)34)30(17-11-18(2)3)25(33)20-12-15-29(16-13-20)37(35,36)21-9-7-19(4)8-10-21/h7-10,18,20H,5-6,11-17,27H2,1-4H3,(H,28,32,34). The van der Waals surface area contributed by atoms with Crippen LogP contribution in [0, 0.1) is 18.8 Å². The largest absolute Gasteiger partial charge is 0.383 e. The molecule has 3 N–H and O–H groups in total. The number of carbonyl (C=O) groups is 1. The fraction of sp³-hybridized carbons (Fsp3) is 0.577. The molecule has 1 aliphatic rings. The van der Waals surface area contributed by atoms with Crippen molar-refractivity contribution in [2.24, 2.45) is 11.8 Å². The summed E-state index contributed by atoms with van der Waals surface area (Å²) in [7, 11) is -3.66. The lowest BCUT2D eigenvalue weighted by molar-refractivity contribution is -0.123. The highest BCUT2D eigenvalue weighted by atomic mass is 32.2. The Morgan fingerprint density at radius 2 is 1.78 bits per heavy atom. The summed E-state index contributed by atoms with van der Waals surface area (Å²) >= 11 is 0. The Kier molecular flexibility index (Phi) is 9.36. The van der Waals surface area contributed by atoms with Crippen molar-refractivity contribution in [3.05, 3.63) is 50.7 Å². The third kappa shape index (κ3) is 6.51. The van der Waals surface area contributed by atoms with E-state index >= 15 is 0 Å². The number of hydrogen-bond donors (Lipinski definition) is 2. The number of nitrogen functional groups attached to an aromatic ring is 1. The molecule has 0 radical (unpaired) electrons. The molecule has 1 aromatic heterocycles. The Hall–Kier alpha value is -2.92. The SMILES string of the molecule is CCCCn1c(N)c(N(CCC(C)C)C(=O)C2CCN(S(=O)(=O)c3ccc(C)cc3)CC2)c(=O)[nH]c1=O. The zero-order valence-corrected chi connectivity index (χ0v) is 23.0. The van der Waals surface area contributed by atoms with E-state index in [1.807, 2.05) is 27.7 Å². The smallest absolute Gasteiger partial charge is 0.330 e. The molecule has 10 nitrogen and oxygen atoms in total. The maximum atomic E-state index is 13.8. The summed E-state index contributed by atoms with van der Waals surface area (Å²) < 4.78 is 28.9. The van der Waals surface area contributed by atoms with Gasteiger partial charge in [0.1, 0.15) is 5.82 Å². The number of unbranched alkanes of at least 4 members (excludes halogenated alkanes) is 1. The van der Waals surface area contributed by atoms with E-state index in [2.05, 4.69) is 4.98 Å². The van der Waals surface area contributed by atoms with Crippen molar-refractivity contribution in [3.63, 3.8) is 0 Å². The fourth-order valence-electron chi connectivity index (χ4n) is 4.52. The number of H-pyrrole nitrogens is 1. The predicted molar refractivity (Wildman–Crippen MR) is 145 cm³/mol. The van der Waals surface area contributed by atoms with Crippen molar-refractivity contribution in [2.45, 2.75) is 71.2 Å². The van der Waals surface area contributed by atoms with Crippen LogP contribution in [0.4, 0.5) is 11.5 Å². The highest BCUT2D eigenvalue weighted by Crippen LogP contribution is 2.28. The van der Waals surface area contributed by atoms with Gasteiger partial charge < -0.3 is 10.6 Å². The van der Waals surface area contributed by atoms with Crippen molar-refractivity contribution in [2.75, 3.05) is 30.3 Å². The number of nitrogens with two attached hydrogens (primary N) is 1. The Labute approximate surface area is 218 Å². The number of nitrogens with one attached hydrogen (secondary N) is 1. The van der Waals surface area contributed by atoms with Crippen molar-refractivity contribution in [1.82, 2.24) is 13.9 Å². The number of anilines is 2. The molecule has 0 saturated carbocycles. The van der Waals surface area contributed by atoms with E-state index in [0.29, 0.717) is 32.2 Å². The van der Waals surface area contributed by atoms with Crippen LogP contribution in [0.25, 0.3) is 0 Å². The second kappa shape index (κ2) is 12.1. The molecule has 0 unspecified atom stereocenters. The van der Waals surface area contributed by atoms with Gasteiger partial charge in [-0.2, -0.15) is 4.31 Å². The average Bonchev–Trinajstić information content (AvgIpc) is 2.85. The zero-order valence-electron chi connectivity index (χ0n) is 22.2. The molecule has 1 fully saturated rings. The van der Waals surface area contributed by atoms with Crippen molar-refractivity contribution >= 4 is 27.4 Å². The van der Waals surface area contributed by atoms with Gasteiger partial charge in [0.15, 0.2) is 5.69 Å². The number of nitrogens with zero attached hydrogens (tertiary/aromatic N) is 3. The number of sulfonamides is 1. The molecule has 1 aliphatic heterocycles. The van der Waals surface area contributed by atoms with E-state index in [0.717, 1.165) is 12.0 Å². The summed E-state index contributed by atoms with van der Waals surface area (Å²) in [5, 5.41) is 0. The van der Waals surface area contributed by atoms with Gasteiger partial charge >= 0.3 is 5.69 Å². The first-order valence-corrected chi connectivity index (χ1v) is 14.4. The first-order valence-electron chi connectivity index (χ1n) is 13.0. The molecule has 3 rings (SSSR count). The third-order valence-electron chi connectivity index (χ3n) is 6.88. The number of rotatable bonds is 10. The molecule has 0 spiro atoms. The Morgan fingerprint density at radius 3 is 2.35 bits per heavy atom. The van der Waals surface area contributed by atoms with E-state index in [1.165, 1.54) is 13.8 Å². The molecular weight excluding hydrogens is 494 g/mol. The summed E-state index contributed by atoms with van der Waals surface area (Å²) in [6, 6.07) is 6.71. The first-order chi connectivity index (χ1) is 17.5. The number of aromatic nitrogens is 2. The lowest BCUT2D eigenvalue weighted by atomic mass is 9.96. The normalized spacial score (nSPS) is 15.3. The van der Waals surface area contributed by atoms with Gasteiger partial charge in [-0.05, 0) is 50.7 Å². The predicted octanol–water partition coefficient (Wildman–Crippen LogP) is 2.71. The maximum absolute atomic E-state index is 13.8. The second-order valence-electron chi connectivity index (χ2n) is 10.2. The van der Waals surface area contributed by atoms with Crippen LogP contribution in [-0.4, -0.2) is 47.8 Å². The molecule has 2 aromatic rings. The number of aryl methyl sites for hydroxylation is 1. The summed E-state index contributed by atoms with van der Waals surface area (Å²) in [5.41, 5.74) is 6.00. The van der Waals surface area contributed by atoms with Crippen LogP contribution < -0.4 is 21.9 Å². The molecule has 1 saturated heterocycles. The van der Waals surface area contributed by atoms with E-state index in [-0.39, 0.29) is 47.9 Å². The van der Waals surface area contributed by atoms with Gasteiger partial charge in [-0.3, -0.25) is 19.1 Å². The highest BCUT2D eigenvalue weighted by Gasteiger charge is 2.35. The lowest BCUT2D eigenvalue weighted by Gasteiger charge is -2.34. The topological polar surface area (TPSA) is 139 Å². The van der Waals surface area contributed by atoms with Gasteiger partial charge in [0.25, 0.3) is 5.56 Å². The quantitative estimate of drug-likeness (QED) is 0.481. The number of hydrogen-bond acceptors (Lipinski definition) is 6. The number of piperidine rings is 1. The molecule has 0 aliphatic carbocycles. The van der Waals surface area contributed by atoms with E-state index < -0.39 is 27.2 Å². The summed E-state index contributed by atoms with van der Waals surface area (Å²) in [4.78, 5) is 43.0. The van der Waals surface area contributed by atoms with Crippen LogP contribution >= 0.6 is 0 Å². The lowest BCUT2D eigenvalue weighted by Crippen LogP contribution is -2.47. The van der Waals surface area contributed by atoms with E-state index in [9.17, 15) is 22.8 Å². The minimum absolute atomic E-state index is 0.00365. The average molecular weight is 534 g/mol. The summed E-state index contributed by atoms with van der Waals surface area (Å²) in [6.45, 7) is 8.94. The number of carbonyl (C=O) groups excluding carboxylic acids is 1. The molecular formula is C26H39N5O5S. The van der Waals surface area contributed by atoms with E-state index in [1.54, 1.807) is 24.3 Å². The van der Waals surface area contributed by atoms with Gasteiger partial charge in [0, 0.05) is 32.1 Å². The first kappa shape index (κ1) is 28.6. The molecule has 2 heterocycles. The van der Waals surface area contributed by atoms with Gasteiger partial charge in [-0.25, -0.2) is 13.2 Å².